The van der Waals surface area contributed by atoms with Crippen molar-refractivity contribution in [1.29, 1.82) is 0 Å². The van der Waals surface area contributed by atoms with E-state index in [0.717, 1.165) is 37.0 Å². The molecule has 4 rings (SSSR count). The number of aryl methyl sites for hydroxylation is 1. The number of H-pyrrole nitrogens is 1. The molecule has 2 aliphatic heterocycles. The zero-order valence-electron chi connectivity index (χ0n) is 18.4. The third-order valence-corrected chi connectivity index (χ3v) is 9.34. The Bertz CT molecular complexity index is 1140. The maximum Gasteiger partial charge on any atom is 0.348 e. The molecule has 0 aromatic carbocycles. The third kappa shape index (κ3) is 4.60. The predicted octanol–water partition coefficient (Wildman–Crippen LogP) is 1.32. The number of methoxy groups -OCH3 is 1. The summed E-state index contributed by atoms with van der Waals surface area (Å²) in [4.78, 5) is 34.9. The fourth-order valence-electron chi connectivity index (χ4n) is 4.32. The minimum atomic E-state index is -3.43. The topological polar surface area (TPSA) is 116 Å². The highest BCUT2D eigenvalue weighted by Gasteiger charge is 2.32. The van der Waals surface area contributed by atoms with Gasteiger partial charge in [-0.2, -0.15) is 17.0 Å². The number of piperazine rings is 1. The summed E-state index contributed by atoms with van der Waals surface area (Å²) in [5.74, 6) is 0.0252. The molecule has 0 atom stereocenters. The number of hydrogen-bond acceptors (Lipinski definition) is 8. The Morgan fingerprint density at radius 1 is 1.06 bits per heavy atom. The summed E-state index contributed by atoms with van der Waals surface area (Å²) in [6, 6.07) is 0. The van der Waals surface area contributed by atoms with E-state index in [1.807, 2.05) is 0 Å². The Kier molecular flexibility index (Phi) is 6.96. The normalized spacial score (nSPS) is 19.8. The van der Waals surface area contributed by atoms with Gasteiger partial charge < -0.3 is 9.72 Å². The van der Waals surface area contributed by atoms with Gasteiger partial charge >= 0.3 is 5.97 Å². The summed E-state index contributed by atoms with van der Waals surface area (Å²) in [7, 11) is -2.12. The molecule has 176 valence electrons. The molecule has 0 unspecified atom stereocenters. The summed E-state index contributed by atoms with van der Waals surface area (Å²) < 4.78 is 34.0. The van der Waals surface area contributed by atoms with Crippen molar-refractivity contribution in [3.63, 3.8) is 0 Å². The Balaban J connectivity index is 1.44. The minimum Gasteiger partial charge on any atom is -0.465 e. The predicted molar refractivity (Wildman–Crippen MR) is 122 cm³/mol. The van der Waals surface area contributed by atoms with Crippen LogP contribution in [-0.4, -0.2) is 84.2 Å². The van der Waals surface area contributed by atoms with E-state index in [9.17, 15) is 18.0 Å². The van der Waals surface area contributed by atoms with Gasteiger partial charge in [0.05, 0.1) is 19.0 Å². The van der Waals surface area contributed by atoms with Gasteiger partial charge in [0.2, 0.25) is 0 Å². The average molecular weight is 484 g/mol. The molecule has 0 saturated carbocycles. The monoisotopic (exact) mass is 483 g/mol. The number of carbonyl (C=O) groups excluding carboxylic acids is 1. The lowest BCUT2D eigenvalue weighted by molar-refractivity contribution is 0.0605. The average Bonchev–Trinajstić information content (AvgIpc) is 2.94. The number of ether oxygens (including phenoxy) is 1. The Hall–Kier alpha value is -1.86. The number of carbonyl (C=O) groups is 1. The minimum absolute atomic E-state index is 0.281. The number of aromatic amines is 1. The van der Waals surface area contributed by atoms with Crippen molar-refractivity contribution in [1.82, 2.24) is 23.5 Å². The van der Waals surface area contributed by atoms with Crippen LogP contribution in [0, 0.1) is 6.92 Å². The molecule has 2 fully saturated rings. The van der Waals surface area contributed by atoms with Crippen LogP contribution < -0.4 is 5.56 Å². The Morgan fingerprint density at radius 2 is 1.69 bits per heavy atom. The van der Waals surface area contributed by atoms with E-state index >= 15 is 0 Å². The molecule has 10 nitrogen and oxygen atoms in total. The number of esters is 1. The second-order valence-corrected chi connectivity index (χ2v) is 11.2. The van der Waals surface area contributed by atoms with Crippen molar-refractivity contribution >= 4 is 37.7 Å². The van der Waals surface area contributed by atoms with E-state index < -0.39 is 16.2 Å². The first-order valence-electron chi connectivity index (χ1n) is 10.9. The van der Waals surface area contributed by atoms with Gasteiger partial charge in [-0.25, -0.2) is 9.78 Å². The third-order valence-electron chi connectivity index (χ3n) is 6.14. The first-order valence-corrected chi connectivity index (χ1v) is 13.1. The molecular formula is C20H29N5O5S2. The molecule has 0 amide bonds. The van der Waals surface area contributed by atoms with Gasteiger partial charge in [-0.3, -0.25) is 9.69 Å². The molecular weight excluding hydrogens is 454 g/mol. The number of aromatic nitrogens is 2. The molecule has 0 bridgehead atoms. The van der Waals surface area contributed by atoms with Crippen molar-refractivity contribution in [3.05, 3.63) is 26.6 Å². The molecule has 2 saturated heterocycles. The van der Waals surface area contributed by atoms with Crippen LogP contribution in [0.15, 0.2) is 4.79 Å². The van der Waals surface area contributed by atoms with Crippen LogP contribution in [0.4, 0.5) is 0 Å². The number of nitrogens with zero attached hydrogens (tertiary/aromatic N) is 4. The van der Waals surface area contributed by atoms with Gasteiger partial charge in [0.1, 0.15) is 15.5 Å². The maximum absolute atomic E-state index is 13.0. The van der Waals surface area contributed by atoms with Crippen molar-refractivity contribution in [2.45, 2.75) is 39.2 Å². The van der Waals surface area contributed by atoms with Crippen molar-refractivity contribution in [3.8, 4) is 0 Å². The van der Waals surface area contributed by atoms with E-state index in [2.05, 4.69) is 14.9 Å². The molecule has 0 radical (unpaired) electrons. The van der Waals surface area contributed by atoms with Gasteiger partial charge in [-0.15, -0.1) is 11.3 Å². The molecule has 2 aromatic rings. The Morgan fingerprint density at radius 3 is 2.31 bits per heavy atom. The van der Waals surface area contributed by atoms with Crippen LogP contribution in [0.3, 0.4) is 0 Å². The smallest absolute Gasteiger partial charge is 0.348 e. The summed E-state index contributed by atoms with van der Waals surface area (Å²) in [6.07, 6.45) is 4.00. The van der Waals surface area contributed by atoms with E-state index in [4.69, 9.17) is 4.74 Å². The molecule has 2 aliphatic rings. The highest BCUT2D eigenvalue weighted by Crippen LogP contribution is 2.27. The molecule has 2 aromatic heterocycles. The lowest BCUT2D eigenvalue weighted by Crippen LogP contribution is -2.53. The second-order valence-electron chi connectivity index (χ2n) is 8.24. The van der Waals surface area contributed by atoms with Crippen LogP contribution in [0.2, 0.25) is 0 Å². The summed E-state index contributed by atoms with van der Waals surface area (Å²) in [5.41, 5.74) is 0.292. The zero-order valence-corrected chi connectivity index (χ0v) is 20.1. The fourth-order valence-corrected chi connectivity index (χ4v) is 7.11. The van der Waals surface area contributed by atoms with Crippen LogP contribution in [0.25, 0.3) is 10.2 Å². The lowest BCUT2D eigenvalue weighted by Gasteiger charge is -2.36. The maximum atomic E-state index is 13.0. The first-order chi connectivity index (χ1) is 15.3. The van der Waals surface area contributed by atoms with Gasteiger partial charge in [0, 0.05) is 39.3 Å². The lowest BCUT2D eigenvalue weighted by atomic mass is 10.2. The summed E-state index contributed by atoms with van der Waals surface area (Å²) >= 11 is 1.15. The zero-order chi connectivity index (χ0) is 22.9. The van der Waals surface area contributed by atoms with E-state index in [0.29, 0.717) is 72.3 Å². The van der Waals surface area contributed by atoms with Crippen molar-refractivity contribution < 1.29 is 17.9 Å². The molecule has 0 aliphatic carbocycles. The highest BCUT2D eigenvalue weighted by molar-refractivity contribution is 7.86. The van der Waals surface area contributed by atoms with E-state index in [1.54, 1.807) is 15.5 Å². The molecule has 0 spiro atoms. The van der Waals surface area contributed by atoms with Gasteiger partial charge in [0.15, 0.2) is 0 Å². The number of rotatable bonds is 5. The van der Waals surface area contributed by atoms with Crippen LogP contribution in [0.5, 0.6) is 0 Å². The van der Waals surface area contributed by atoms with Crippen LogP contribution in [-0.2, 0) is 21.5 Å². The second kappa shape index (κ2) is 9.56. The van der Waals surface area contributed by atoms with Crippen LogP contribution in [0.1, 0.15) is 46.7 Å². The van der Waals surface area contributed by atoms with Gasteiger partial charge in [-0.1, -0.05) is 12.8 Å². The summed E-state index contributed by atoms with van der Waals surface area (Å²) in [6.45, 7) is 5.27. The number of fused-ring (bicyclic) bond motifs is 1. The van der Waals surface area contributed by atoms with E-state index in [1.165, 1.54) is 7.11 Å². The standard InChI is InChI=1S/C20H29N5O5S2/c1-14-16-18(26)21-15(22-19(16)31-17(14)20(27)30-2)13-23-9-11-25(12-10-23)32(28,29)24-7-5-3-4-6-8-24/h3-13H2,1-2H3,(H,21,22,26). The molecule has 1 N–H and O–H groups in total. The van der Waals surface area contributed by atoms with Gasteiger partial charge in [0.25, 0.3) is 15.8 Å². The Labute approximate surface area is 191 Å². The van der Waals surface area contributed by atoms with Crippen molar-refractivity contribution in [2.75, 3.05) is 46.4 Å². The summed E-state index contributed by atoms with van der Waals surface area (Å²) in [5, 5.41) is 0.410. The fraction of sp³-hybridized carbons (Fsp3) is 0.650. The molecule has 12 heteroatoms. The molecule has 4 heterocycles. The van der Waals surface area contributed by atoms with Crippen molar-refractivity contribution in [2.24, 2.45) is 0 Å². The number of nitrogens with one attached hydrogen (secondary N) is 1. The van der Waals surface area contributed by atoms with Gasteiger partial charge in [-0.05, 0) is 25.3 Å². The molecule has 32 heavy (non-hydrogen) atoms. The number of thiophene rings is 1. The first kappa shape index (κ1) is 23.3. The highest BCUT2D eigenvalue weighted by atomic mass is 32.2. The SMILES string of the molecule is COC(=O)c1sc2nc(CN3CCN(S(=O)(=O)N4CCCCCC4)CC3)[nH]c(=O)c2c1C. The number of hydrogen-bond donors (Lipinski definition) is 1. The van der Waals surface area contributed by atoms with E-state index in [-0.39, 0.29) is 5.56 Å². The van der Waals surface area contributed by atoms with Crippen LogP contribution >= 0.6 is 11.3 Å². The largest absolute Gasteiger partial charge is 0.465 e. The quantitative estimate of drug-likeness (QED) is 0.638.